The first kappa shape index (κ1) is 24.1. The largest absolute Gasteiger partial charge is 0.396 e. The van der Waals surface area contributed by atoms with Crippen molar-refractivity contribution in [2.45, 2.75) is 73.3 Å². The molecule has 1 aliphatic heterocycles. The Kier molecular flexibility index (Phi) is 9.99. The van der Waals surface area contributed by atoms with E-state index in [1.165, 1.54) is 24.8 Å². The number of aliphatic hydroxyl groups is 1. The van der Waals surface area contributed by atoms with E-state index in [9.17, 15) is 0 Å². The second-order valence-corrected chi connectivity index (χ2v) is 9.02. The maximum atomic E-state index is 8.80. The molecule has 1 N–H and O–H groups in total. The lowest BCUT2D eigenvalue weighted by Gasteiger charge is -2.32. The summed E-state index contributed by atoms with van der Waals surface area (Å²) in [6, 6.07) is 0. The summed E-state index contributed by atoms with van der Waals surface area (Å²) < 4.78 is 10.4. The molecule has 1 aliphatic carbocycles. The van der Waals surface area contributed by atoms with Gasteiger partial charge in [0.05, 0.1) is 12.0 Å². The van der Waals surface area contributed by atoms with Gasteiger partial charge < -0.3 is 14.2 Å². The van der Waals surface area contributed by atoms with E-state index in [1.54, 1.807) is 11.1 Å². The Balaban J connectivity index is 0.000000277. The molecule has 0 saturated carbocycles. The van der Waals surface area contributed by atoms with Crippen molar-refractivity contribution in [3.8, 4) is 12.3 Å². The van der Waals surface area contributed by atoms with Gasteiger partial charge >= 0.3 is 0 Å². The standard InChI is InChI=1S/C15H24.C8H13O3P/c1-6-12(2)9-10-14-13(3)8-7-11-15(14,4)5;1-3-8(2,4-5-9)7-6-10-12-11-7/h6,9-10H,7-8,11H2,1-5H3;1,7,9,12H,4-6H2,2H3/b10-9+,12-6+;. The molecule has 2 aliphatic rings. The minimum Gasteiger partial charge on any atom is -0.396 e. The van der Waals surface area contributed by atoms with Crippen LogP contribution in [-0.2, 0) is 9.05 Å². The van der Waals surface area contributed by atoms with Gasteiger partial charge in [-0.2, -0.15) is 0 Å². The van der Waals surface area contributed by atoms with Gasteiger partial charge in [-0.1, -0.05) is 49.1 Å². The molecule has 27 heavy (non-hydrogen) atoms. The summed E-state index contributed by atoms with van der Waals surface area (Å²) in [5.41, 5.74) is 4.45. The van der Waals surface area contributed by atoms with Gasteiger partial charge in [-0.05, 0) is 64.4 Å². The second kappa shape index (κ2) is 11.2. The highest BCUT2D eigenvalue weighted by Crippen LogP contribution is 2.41. The van der Waals surface area contributed by atoms with Crippen molar-refractivity contribution in [3.63, 3.8) is 0 Å². The molecule has 0 amide bonds. The van der Waals surface area contributed by atoms with Crippen molar-refractivity contribution in [1.29, 1.82) is 0 Å². The average molecular weight is 393 g/mol. The SMILES string of the molecule is C#CC(C)(CCO)C1COPO1.C/C=C(C)/C=C/C1=C(C)CCCC1(C)C. The fraction of sp³-hybridized carbons (Fsp3) is 0.652. The maximum Gasteiger partial charge on any atom is 0.155 e. The van der Waals surface area contributed by atoms with E-state index in [1.807, 2.05) is 6.92 Å². The number of terminal acetylenes is 1. The lowest BCUT2D eigenvalue weighted by molar-refractivity contribution is 0.0999. The summed E-state index contributed by atoms with van der Waals surface area (Å²) in [7, 11) is 0.0928. The van der Waals surface area contributed by atoms with Crippen molar-refractivity contribution >= 4 is 9.03 Å². The molecule has 3 nitrogen and oxygen atoms in total. The van der Waals surface area contributed by atoms with Crippen molar-refractivity contribution in [3.05, 3.63) is 34.9 Å². The molecule has 0 aromatic heterocycles. The van der Waals surface area contributed by atoms with Crippen molar-refractivity contribution in [1.82, 2.24) is 0 Å². The Morgan fingerprint density at radius 1 is 1.48 bits per heavy atom. The van der Waals surface area contributed by atoms with Crippen LogP contribution in [0, 0.1) is 23.2 Å². The molecular weight excluding hydrogens is 355 g/mol. The van der Waals surface area contributed by atoms with Crippen molar-refractivity contribution in [2.75, 3.05) is 13.2 Å². The lowest BCUT2D eigenvalue weighted by Crippen LogP contribution is -2.33. The number of aliphatic hydroxyl groups excluding tert-OH is 1. The van der Waals surface area contributed by atoms with E-state index in [0.29, 0.717) is 18.4 Å². The number of hydrogen-bond acceptors (Lipinski definition) is 3. The van der Waals surface area contributed by atoms with Gasteiger partial charge in [-0.15, -0.1) is 6.42 Å². The van der Waals surface area contributed by atoms with E-state index in [4.69, 9.17) is 20.6 Å². The van der Waals surface area contributed by atoms with Crippen molar-refractivity contribution in [2.24, 2.45) is 10.8 Å². The highest BCUT2D eigenvalue weighted by molar-refractivity contribution is 7.26. The molecule has 1 heterocycles. The highest BCUT2D eigenvalue weighted by atomic mass is 31.1. The monoisotopic (exact) mass is 392 g/mol. The third kappa shape index (κ3) is 7.20. The Morgan fingerprint density at radius 3 is 2.67 bits per heavy atom. The van der Waals surface area contributed by atoms with Crippen LogP contribution in [0.15, 0.2) is 34.9 Å². The minimum atomic E-state index is -0.391. The predicted molar refractivity (Wildman–Crippen MR) is 117 cm³/mol. The Hall–Kier alpha value is -0.910. The molecule has 0 bridgehead atoms. The summed E-state index contributed by atoms with van der Waals surface area (Å²) in [5.74, 6) is 2.66. The van der Waals surface area contributed by atoms with E-state index in [2.05, 4.69) is 58.8 Å². The summed E-state index contributed by atoms with van der Waals surface area (Å²) in [5, 5.41) is 8.80. The summed E-state index contributed by atoms with van der Waals surface area (Å²) in [4.78, 5) is 0. The van der Waals surface area contributed by atoms with Crippen LogP contribution in [0.3, 0.4) is 0 Å². The van der Waals surface area contributed by atoms with E-state index in [-0.39, 0.29) is 21.7 Å². The van der Waals surface area contributed by atoms with Crippen LogP contribution in [0.2, 0.25) is 0 Å². The maximum absolute atomic E-state index is 8.80. The normalized spacial score (nSPS) is 25.9. The molecule has 0 aromatic carbocycles. The van der Waals surface area contributed by atoms with Crippen LogP contribution in [-0.4, -0.2) is 24.4 Å². The van der Waals surface area contributed by atoms with Gasteiger partial charge in [0.1, 0.15) is 6.10 Å². The molecule has 0 radical (unpaired) electrons. The summed E-state index contributed by atoms with van der Waals surface area (Å²) >= 11 is 0. The molecule has 152 valence electrons. The third-order valence-electron chi connectivity index (χ3n) is 5.67. The molecule has 0 aromatic rings. The summed E-state index contributed by atoms with van der Waals surface area (Å²) in [6.45, 7) is 13.8. The Labute approximate surface area is 168 Å². The average Bonchev–Trinajstić information content (AvgIpc) is 3.16. The zero-order chi connectivity index (χ0) is 20.5. The predicted octanol–water partition coefficient (Wildman–Crippen LogP) is 5.97. The molecule has 2 rings (SSSR count). The highest BCUT2D eigenvalue weighted by Gasteiger charge is 2.36. The van der Waals surface area contributed by atoms with Crippen LogP contribution in [0.1, 0.15) is 67.2 Å². The summed E-state index contributed by atoms with van der Waals surface area (Å²) in [6.07, 6.45) is 16.5. The third-order valence-corrected chi connectivity index (χ3v) is 6.33. The number of allylic oxidation sites excluding steroid dienone is 6. The van der Waals surface area contributed by atoms with E-state index < -0.39 is 5.41 Å². The molecule has 4 heteroatoms. The lowest BCUT2D eigenvalue weighted by atomic mass is 9.72. The molecule has 3 atom stereocenters. The van der Waals surface area contributed by atoms with Gasteiger partial charge in [0.25, 0.3) is 0 Å². The van der Waals surface area contributed by atoms with Gasteiger partial charge in [-0.3, -0.25) is 0 Å². The molecule has 1 fully saturated rings. The van der Waals surface area contributed by atoms with Gasteiger partial charge in [-0.25, -0.2) is 0 Å². The zero-order valence-corrected chi connectivity index (χ0v) is 18.9. The smallest absolute Gasteiger partial charge is 0.155 e. The van der Waals surface area contributed by atoms with Crippen LogP contribution in [0.25, 0.3) is 0 Å². The van der Waals surface area contributed by atoms with Crippen molar-refractivity contribution < 1.29 is 14.2 Å². The van der Waals surface area contributed by atoms with E-state index >= 15 is 0 Å². The first-order valence-electron chi connectivity index (χ1n) is 9.82. The van der Waals surface area contributed by atoms with E-state index in [0.717, 1.165) is 0 Å². The quantitative estimate of drug-likeness (QED) is 0.356. The first-order valence-corrected chi connectivity index (χ1v) is 10.6. The number of rotatable bonds is 5. The van der Waals surface area contributed by atoms with Gasteiger partial charge in [0.15, 0.2) is 9.03 Å². The minimum absolute atomic E-state index is 0.0621. The van der Waals surface area contributed by atoms with Crippen LogP contribution in [0.4, 0.5) is 0 Å². The molecule has 3 unspecified atom stereocenters. The fourth-order valence-electron chi connectivity index (χ4n) is 3.43. The Bertz CT molecular complexity index is 604. The van der Waals surface area contributed by atoms with Gasteiger partial charge in [0, 0.05) is 6.61 Å². The molecule has 1 saturated heterocycles. The fourth-order valence-corrected chi connectivity index (χ4v) is 4.16. The first-order chi connectivity index (χ1) is 12.7. The molecular formula is C23H37O3P. The Morgan fingerprint density at radius 2 is 2.19 bits per heavy atom. The van der Waals surface area contributed by atoms with Crippen LogP contribution >= 0.6 is 9.03 Å². The van der Waals surface area contributed by atoms with Crippen LogP contribution in [0.5, 0.6) is 0 Å². The zero-order valence-electron chi connectivity index (χ0n) is 17.9. The molecule has 0 spiro atoms. The second-order valence-electron chi connectivity index (χ2n) is 8.33. The van der Waals surface area contributed by atoms with Gasteiger partial charge in [0.2, 0.25) is 0 Å². The number of hydrogen-bond donors (Lipinski definition) is 1. The topological polar surface area (TPSA) is 38.7 Å². The van der Waals surface area contributed by atoms with Crippen LogP contribution < -0.4 is 0 Å².